The number of rotatable bonds is 5. The van der Waals surface area contributed by atoms with Gasteiger partial charge in [0, 0.05) is 13.7 Å². The first kappa shape index (κ1) is 12.0. The minimum atomic E-state index is 0.187. The summed E-state index contributed by atoms with van der Waals surface area (Å²) in [5.41, 5.74) is 6.94. The molecule has 0 radical (unpaired) electrons. The number of benzene rings is 1. The summed E-state index contributed by atoms with van der Waals surface area (Å²) in [6, 6.07) is 10.4. The summed E-state index contributed by atoms with van der Waals surface area (Å²) in [7, 11) is 1.77. The quantitative estimate of drug-likeness (QED) is 0.818. The second kappa shape index (κ2) is 5.73. The third kappa shape index (κ3) is 3.24. The number of hydrogen-bond donors (Lipinski definition) is 2. The molecule has 0 spiro atoms. The van der Waals surface area contributed by atoms with Crippen LogP contribution in [-0.4, -0.2) is 13.7 Å². The summed E-state index contributed by atoms with van der Waals surface area (Å²) >= 11 is 0. The monoisotopic (exact) mass is 232 g/mol. The molecule has 0 amide bonds. The topological polar surface area (TPSA) is 47.3 Å². The van der Waals surface area contributed by atoms with Crippen LogP contribution in [0.3, 0.4) is 0 Å². The van der Waals surface area contributed by atoms with Crippen molar-refractivity contribution in [2.45, 2.75) is 18.9 Å². The van der Waals surface area contributed by atoms with Crippen LogP contribution >= 0.6 is 0 Å². The van der Waals surface area contributed by atoms with Gasteiger partial charge in [0.1, 0.15) is 0 Å². The third-order valence-electron chi connectivity index (χ3n) is 3.24. The van der Waals surface area contributed by atoms with Crippen LogP contribution < -0.4 is 11.1 Å². The Balaban J connectivity index is 1.88. The molecule has 3 N–H and O–H groups in total. The van der Waals surface area contributed by atoms with Crippen LogP contribution in [0.2, 0.25) is 0 Å². The van der Waals surface area contributed by atoms with Crippen molar-refractivity contribution >= 4 is 0 Å². The van der Waals surface area contributed by atoms with Crippen LogP contribution in [-0.2, 0) is 4.74 Å². The van der Waals surface area contributed by atoms with Crippen molar-refractivity contribution < 1.29 is 4.74 Å². The van der Waals surface area contributed by atoms with Gasteiger partial charge in [-0.15, -0.1) is 0 Å². The Morgan fingerprint density at radius 2 is 2.18 bits per heavy atom. The molecule has 1 aromatic carbocycles. The molecule has 3 heteroatoms. The maximum absolute atomic E-state index is 5.69. The smallest absolute Gasteiger partial charge is 0.0922 e. The summed E-state index contributed by atoms with van der Waals surface area (Å²) in [6.07, 6.45) is 4.42. The van der Waals surface area contributed by atoms with Gasteiger partial charge < -0.3 is 15.8 Å². The predicted octanol–water partition coefficient (Wildman–Crippen LogP) is 2.17. The van der Waals surface area contributed by atoms with Crippen molar-refractivity contribution in [1.82, 2.24) is 5.32 Å². The molecule has 17 heavy (non-hydrogen) atoms. The van der Waals surface area contributed by atoms with Crippen LogP contribution in [0.4, 0.5) is 0 Å². The van der Waals surface area contributed by atoms with Gasteiger partial charge >= 0.3 is 0 Å². The number of nitrogens with two attached hydrogens (primary N) is 1. The van der Waals surface area contributed by atoms with E-state index in [2.05, 4.69) is 35.7 Å². The van der Waals surface area contributed by atoms with Crippen molar-refractivity contribution in [2.24, 2.45) is 11.7 Å². The van der Waals surface area contributed by atoms with E-state index in [-0.39, 0.29) is 6.10 Å². The molecule has 0 bridgehead atoms. The lowest BCUT2D eigenvalue weighted by Crippen LogP contribution is -2.16. The van der Waals surface area contributed by atoms with E-state index in [1.165, 1.54) is 5.56 Å². The van der Waals surface area contributed by atoms with Gasteiger partial charge in [-0.2, -0.15) is 0 Å². The van der Waals surface area contributed by atoms with Crippen molar-refractivity contribution in [1.29, 1.82) is 0 Å². The van der Waals surface area contributed by atoms with Gasteiger partial charge in [0.05, 0.1) is 11.9 Å². The van der Waals surface area contributed by atoms with Crippen LogP contribution in [0.5, 0.6) is 0 Å². The molecule has 3 nitrogen and oxygen atoms in total. The van der Waals surface area contributed by atoms with E-state index in [1.54, 1.807) is 7.11 Å². The summed E-state index contributed by atoms with van der Waals surface area (Å²) < 4.78 is 5.55. The molecular weight excluding hydrogens is 212 g/mol. The first-order valence-corrected chi connectivity index (χ1v) is 6.08. The largest absolute Gasteiger partial charge is 0.386 e. The Morgan fingerprint density at radius 1 is 1.41 bits per heavy atom. The molecule has 2 atom stereocenters. The molecule has 0 aliphatic carbocycles. The van der Waals surface area contributed by atoms with E-state index in [1.807, 2.05) is 6.07 Å². The fourth-order valence-electron chi connectivity index (χ4n) is 2.26. The molecule has 92 valence electrons. The van der Waals surface area contributed by atoms with Crippen molar-refractivity contribution in [3.05, 3.63) is 47.8 Å². The maximum atomic E-state index is 5.69. The Kier molecular flexibility index (Phi) is 4.04. The minimum Gasteiger partial charge on any atom is -0.386 e. The second-order valence-corrected chi connectivity index (χ2v) is 4.48. The summed E-state index contributed by atoms with van der Waals surface area (Å²) in [6.45, 7) is 0.955. The van der Waals surface area contributed by atoms with Gasteiger partial charge in [-0.1, -0.05) is 30.3 Å². The molecule has 2 rings (SSSR count). The molecule has 0 saturated heterocycles. The Hall–Kier alpha value is -1.48. The molecule has 0 aromatic heterocycles. The number of methoxy groups -OCH3 is 1. The molecule has 1 unspecified atom stereocenters. The Bertz CT molecular complexity index is 375. The molecule has 1 aromatic rings. The highest BCUT2D eigenvalue weighted by Gasteiger charge is 2.16. The lowest BCUT2D eigenvalue weighted by molar-refractivity contribution is 0.0912. The van der Waals surface area contributed by atoms with Crippen LogP contribution in [0.1, 0.15) is 24.5 Å². The van der Waals surface area contributed by atoms with Gasteiger partial charge in [-0.05, 0) is 30.4 Å². The number of hydrogen-bond acceptors (Lipinski definition) is 3. The molecular formula is C14H20N2O. The van der Waals surface area contributed by atoms with E-state index in [0.29, 0.717) is 5.92 Å². The predicted molar refractivity (Wildman–Crippen MR) is 69.2 cm³/mol. The second-order valence-electron chi connectivity index (χ2n) is 4.48. The highest BCUT2D eigenvalue weighted by atomic mass is 16.5. The van der Waals surface area contributed by atoms with Crippen molar-refractivity contribution in [2.75, 3.05) is 13.7 Å². The molecule has 1 aliphatic rings. The first-order valence-electron chi connectivity index (χ1n) is 6.08. The van der Waals surface area contributed by atoms with Gasteiger partial charge in [-0.25, -0.2) is 0 Å². The normalized spacial score (nSPS) is 20.8. The highest BCUT2D eigenvalue weighted by Crippen LogP contribution is 2.25. The average Bonchev–Trinajstić information content (AvgIpc) is 2.77. The standard InChI is InChI=1S/C14H20N2O/c1-17-13(12-5-3-2-4-6-12)8-7-11-9-14(15)16-10-11/h2-6,9,11,13,16H,7-8,10,15H2,1H3/t11-,13?/m0/s1. The van der Waals surface area contributed by atoms with Gasteiger partial charge in [-0.3, -0.25) is 0 Å². The zero-order chi connectivity index (χ0) is 12.1. The van der Waals surface area contributed by atoms with Crippen LogP contribution in [0.25, 0.3) is 0 Å². The van der Waals surface area contributed by atoms with E-state index < -0.39 is 0 Å². The minimum absolute atomic E-state index is 0.187. The Morgan fingerprint density at radius 3 is 2.76 bits per heavy atom. The lowest BCUT2D eigenvalue weighted by atomic mass is 9.98. The van der Waals surface area contributed by atoms with Crippen molar-refractivity contribution in [3.8, 4) is 0 Å². The highest BCUT2D eigenvalue weighted by molar-refractivity contribution is 5.17. The summed E-state index contributed by atoms with van der Waals surface area (Å²) in [5.74, 6) is 1.35. The van der Waals surface area contributed by atoms with E-state index >= 15 is 0 Å². The fourth-order valence-corrected chi connectivity index (χ4v) is 2.26. The maximum Gasteiger partial charge on any atom is 0.0922 e. The van der Waals surface area contributed by atoms with Crippen LogP contribution in [0.15, 0.2) is 42.2 Å². The fraction of sp³-hybridized carbons (Fsp3) is 0.429. The van der Waals surface area contributed by atoms with E-state index in [0.717, 1.165) is 25.2 Å². The van der Waals surface area contributed by atoms with Gasteiger partial charge in [0.2, 0.25) is 0 Å². The zero-order valence-corrected chi connectivity index (χ0v) is 10.2. The van der Waals surface area contributed by atoms with E-state index in [4.69, 9.17) is 10.5 Å². The lowest BCUT2D eigenvalue weighted by Gasteiger charge is -2.17. The van der Waals surface area contributed by atoms with Crippen LogP contribution in [0, 0.1) is 5.92 Å². The average molecular weight is 232 g/mol. The molecule has 0 saturated carbocycles. The third-order valence-corrected chi connectivity index (χ3v) is 3.24. The van der Waals surface area contributed by atoms with Gasteiger partial charge in [0.25, 0.3) is 0 Å². The summed E-state index contributed by atoms with van der Waals surface area (Å²) in [4.78, 5) is 0. The van der Waals surface area contributed by atoms with E-state index in [9.17, 15) is 0 Å². The number of ether oxygens (including phenoxy) is 1. The van der Waals surface area contributed by atoms with Crippen molar-refractivity contribution in [3.63, 3.8) is 0 Å². The number of nitrogens with one attached hydrogen (secondary N) is 1. The molecule has 1 aliphatic heterocycles. The first-order chi connectivity index (χ1) is 8.29. The zero-order valence-electron chi connectivity index (χ0n) is 10.2. The molecule has 1 heterocycles. The molecule has 0 fully saturated rings. The SMILES string of the molecule is COC(CC[C@H]1C=C(N)NC1)c1ccccc1. The Labute approximate surface area is 103 Å². The van der Waals surface area contributed by atoms with Gasteiger partial charge in [0.15, 0.2) is 0 Å². The summed E-state index contributed by atoms with van der Waals surface area (Å²) in [5, 5.41) is 3.15.